The van der Waals surface area contributed by atoms with Crippen LogP contribution in [0, 0.1) is 0 Å². The first-order chi connectivity index (χ1) is 6.83. The van der Waals surface area contributed by atoms with Crippen molar-refractivity contribution in [2.24, 2.45) is 0 Å². The summed E-state index contributed by atoms with van der Waals surface area (Å²) in [6, 6.07) is 0. The van der Waals surface area contributed by atoms with Crippen molar-refractivity contribution in [3.8, 4) is 0 Å². The minimum atomic E-state index is 0.353. The summed E-state index contributed by atoms with van der Waals surface area (Å²) in [5.74, 6) is 0.353. The molecule has 0 saturated carbocycles. The second-order valence-electron chi connectivity index (χ2n) is 2.77. The molecule has 0 amide bonds. The van der Waals surface area contributed by atoms with Gasteiger partial charge in [0.1, 0.15) is 5.69 Å². The van der Waals surface area contributed by atoms with Crippen LogP contribution < -0.4 is 0 Å². The van der Waals surface area contributed by atoms with Crippen molar-refractivity contribution in [2.45, 2.75) is 19.0 Å². The first kappa shape index (κ1) is 11.4. The van der Waals surface area contributed by atoms with E-state index in [1.54, 1.807) is 18.9 Å². The van der Waals surface area contributed by atoms with Gasteiger partial charge in [-0.1, -0.05) is 5.21 Å². The van der Waals surface area contributed by atoms with Crippen molar-refractivity contribution >= 4 is 11.6 Å². The maximum absolute atomic E-state index is 5.71. The maximum atomic E-state index is 5.71. The van der Waals surface area contributed by atoms with Gasteiger partial charge in [-0.2, -0.15) is 0 Å². The van der Waals surface area contributed by atoms with Crippen molar-refractivity contribution in [1.82, 2.24) is 15.0 Å². The Bertz CT molecular complexity index is 278. The van der Waals surface area contributed by atoms with Crippen LogP contribution in [0.2, 0.25) is 0 Å². The molecule has 1 aromatic rings. The lowest BCUT2D eigenvalue weighted by Crippen LogP contribution is -2.10. The second-order valence-corrected chi connectivity index (χ2v) is 3.03. The molecule has 5 nitrogen and oxygen atoms in total. The molecule has 0 atom stereocenters. The highest BCUT2D eigenvalue weighted by Gasteiger charge is 2.10. The van der Waals surface area contributed by atoms with Crippen LogP contribution in [0.1, 0.15) is 11.4 Å². The van der Waals surface area contributed by atoms with Gasteiger partial charge < -0.3 is 9.47 Å². The highest BCUT2D eigenvalue weighted by molar-refractivity contribution is 6.16. The highest BCUT2D eigenvalue weighted by atomic mass is 35.5. The molecule has 0 spiro atoms. The largest absolute Gasteiger partial charge is 0.383 e. The Labute approximate surface area is 87.9 Å². The summed E-state index contributed by atoms with van der Waals surface area (Å²) >= 11 is 5.71. The van der Waals surface area contributed by atoms with Crippen LogP contribution in [-0.4, -0.2) is 35.8 Å². The van der Waals surface area contributed by atoms with E-state index in [0.29, 0.717) is 25.6 Å². The Hall–Kier alpha value is -0.650. The summed E-state index contributed by atoms with van der Waals surface area (Å²) in [6.07, 6.45) is 0. The number of halogens is 1. The summed E-state index contributed by atoms with van der Waals surface area (Å²) < 4.78 is 11.8. The average Bonchev–Trinajstić information content (AvgIpc) is 2.58. The smallest absolute Gasteiger partial charge is 0.103 e. The Kier molecular flexibility index (Phi) is 4.86. The molecule has 14 heavy (non-hydrogen) atoms. The summed E-state index contributed by atoms with van der Waals surface area (Å²) in [4.78, 5) is 0. The fourth-order valence-corrected chi connectivity index (χ4v) is 1.33. The van der Waals surface area contributed by atoms with Crippen molar-refractivity contribution in [1.29, 1.82) is 0 Å². The Morgan fingerprint density at radius 2 is 2.14 bits per heavy atom. The molecular weight excluding hydrogens is 206 g/mol. The number of hydrogen-bond donors (Lipinski definition) is 0. The van der Waals surface area contributed by atoms with Gasteiger partial charge in [-0.3, -0.25) is 0 Å². The van der Waals surface area contributed by atoms with Gasteiger partial charge in [0.05, 0.1) is 31.3 Å². The molecule has 0 unspecified atom stereocenters. The minimum absolute atomic E-state index is 0.353. The quantitative estimate of drug-likeness (QED) is 0.665. The van der Waals surface area contributed by atoms with Gasteiger partial charge in [0.15, 0.2) is 0 Å². The average molecular weight is 220 g/mol. The van der Waals surface area contributed by atoms with Crippen LogP contribution >= 0.6 is 11.6 Å². The van der Waals surface area contributed by atoms with E-state index in [1.165, 1.54) is 0 Å². The van der Waals surface area contributed by atoms with E-state index in [1.807, 2.05) is 0 Å². The standard InChI is InChI=1S/C8H14ClN3O2/c1-13-4-3-12-8(6-14-2)7(5-9)10-11-12/h3-6H2,1-2H3. The first-order valence-corrected chi connectivity index (χ1v) is 4.82. The van der Waals surface area contributed by atoms with Crippen LogP contribution in [0.15, 0.2) is 0 Å². The molecule has 0 fully saturated rings. The molecule has 0 aromatic carbocycles. The number of ether oxygens (including phenoxy) is 2. The van der Waals surface area contributed by atoms with E-state index < -0.39 is 0 Å². The predicted octanol–water partition coefficient (Wildman–Crippen LogP) is 0.810. The normalized spacial score (nSPS) is 10.8. The van der Waals surface area contributed by atoms with Crippen LogP contribution in [0.4, 0.5) is 0 Å². The molecule has 0 N–H and O–H groups in total. The third-order valence-electron chi connectivity index (χ3n) is 1.83. The zero-order valence-electron chi connectivity index (χ0n) is 8.36. The number of aromatic nitrogens is 3. The van der Waals surface area contributed by atoms with Crippen LogP contribution in [-0.2, 0) is 28.5 Å². The van der Waals surface area contributed by atoms with Crippen molar-refractivity contribution in [3.05, 3.63) is 11.4 Å². The summed E-state index contributed by atoms with van der Waals surface area (Å²) in [7, 11) is 3.28. The monoisotopic (exact) mass is 219 g/mol. The molecule has 0 bridgehead atoms. The van der Waals surface area contributed by atoms with Crippen LogP contribution in [0.25, 0.3) is 0 Å². The number of methoxy groups -OCH3 is 2. The number of rotatable bonds is 6. The fourth-order valence-electron chi connectivity index (χ4n) is 1.12. The molecule has 0 aliphatic heterocycles. The molecule has 0 aliphatic rings. The van der Waals surface area contributed by atoms with Crippen molar-refractivity contribution < 1.29 is 9.47 Å². The molecule has 1 rings (SSSR count). The summed E-state index contributed by atoms with van der Waals surface area (Å²) in [5.41, 5.74) is 1.68. The lowest BCUT2D eigenvalue weighted by molar-refractivity contribution is 0.161. The topological polar surface area (TPSA) is 49.2 Å². The zero-order chi connectivity index (χ0) is 10.4. The van der Waals surface area contributed by atoms with Gasteiger partial charge in [0, 0.05) is 14.2 Å². The van der Waals surface area contributed by atoms with Crippen molar-refractivity contribution in [2.75, 3.05) is 20.8 Å². The lowest BCUT2D eigenvalue weighted by atomic mass is 10.3. The molecule has 1 heterocycles. The number of nitrogens with zero attached hydrogens (tertiary/aromatic N) is 3. The van der Waals surface area contributed by atoms with Crippen LogP contribution in [0.5, 0.6) is 0 Å². The molecule has 0 radical (unpaired) electrons. The third-order valence-corrected chi connectivity index (χ3v) is 2.09. The van der Waals surface area contributed by atoms with E-state index in [0.717, 1.165) is 11.4 Å². The molecule has 80 valence electrons. The van der Waals surface area contributed by atoms with Gasteiger partial charge in [0.2, 0.25) is 0 Å². The summed E-state index contributed by atoms with van der Waals surface area (Å²) in [5, 5.41) is 7.92. The SMILES string of the molecule is COCCn1nnc(CCl)c1COC. The number of hydrogen-bond acceptors (Lipinski definition) is 4. The third kappa shape index (κ3) is 2.67. The first-order valence-electron chi connectivity index (χ1n) is 4.28. The van der Waals surface area contributed by atoms with E-state index in [-0.39, 0.29) is 0 Å². The van der Waals surface area contributed by atoms with E-state index in [9.17, 15) is 0 Å². The van der Waals surface area contributed by atoms with Gasteiger partial charge in [0.25, 0.3) is 0 Å². The second kappa shape index (κ2) is 5.95. The Morgan fingerprint density at radius 1 is 1.36 bits per heavy atom. The van der Waals surface area contributed by atoms with Crippen LogP contribution in [0.3, 0.4) is 0 Å². The maximum Gasteiger partial charge on any atom is 0.103 e. The lowest BCUT2D eigenvalue weighted by Gasteiger charge is -2.05. The molecular formula is C8H14ClN3O2. The highest BCUT2D eigenvalue weighted by Crippen LogP contribution is 2.09. The molecule has 6 heteroatoms. The summed E-state index contributed by atoms with van der Waals surface area (Å²) in [6.45, 7) is 1.74. The van der Waals surface area contributed by atoms with Gasteiger partial charge in [-0.05, 0) is 0 Å². The Morgan fingerprint density at radius 3 is 2.71 bits per heavy atom. The molecule has 1 aromatic heterocycles. The minimum Gasteiger partial charge on any atom is -0.383 e. The van der Waals surface area contributed by atoms with Gasteiger partial charge >= 0.3 is 0 Å². The van der Waals surface area contributed by atoms with E-state index in [2.05, 4.69) is 10.3 Å². The number of alkyl halides is 1. The zero-order valence-corrected chi connectivity index (χ0v) is 9.12. The van der Waals surface area contributed by atoms with Crippen molar-refractivity contribution in [3.63, 3.8) is 0 Å². The predicted molar refractivity (Wildman–Crippen MR) is 52.2 cm³/mol. The fraction of sp³-hybridized carbons (Fsp3) is 0.750. The Balaban J connectivity index is 2.75. The molecule has 0 aliphatic carbocycles. The van der Waals surface area contributed by atoms with E-state index in [4.69, 9.17) is 21.1 Å². The van der Waals surface area contributed by atoms with E-state index >= 15 is 0 Å². The molecule has 0 saturated heterocycles. The van der Waals surface area contributed by atoms with Gasteiger partial charge in [-0.25, -0.2) is 4.68 Å². The van der Waals surface area contributed by atoms with Gasteiger partial charge in [-0.15, -0.1) is 16.7 Å².